The molecule has 0 heterocycles. The van der Waals surface area contributed by atoms with E-state index >= 15 is 0 Å². The Morgan fingerprint density at radius 1 is 0.500 bits per heavy atom. The maximum absolute atomic E-state index is 7.67. The highest BCUT2D eigenvalue weighted by Gasteiger charge is 2.80. The Balaban J connectivity index is 7.77. The Morgan fingerprint density at radius 2 is 0.654 bits per heavy atom. The second kappa shape index (κ2) is 7.48. The molecule has 0 amide bonds. The first-order valence-electron chi connectivity index (χ1n) is 9.82. The first kappa shape index (κ1) is 28.3. The predicted molar refractivity (Wildman–Crippen MR) is 147 cm³/mol. The van der Waals surface area contributed by atoms with Crippen molar-refractivity contribution < 1.29 is 0 Å². The zero-order chi connectivity index (χ0) is 22.0. The van der Waals surface area contributed by atoms with Crippen molar-refractivity contribution in [2.75, 3.05) is 0 Å². The van der Waals surface area contributed by atoms with Crippen molar-refractivity contribution >= 4 is 74.7 Å². The minimum absolute atomic E-state index is 0.346. The van der Waals surface area contributed by atoms with Crippen molar-refractivity contribution in [2.45, 2.75) is 117 Å². The Hall–Kier alpha value is 2.33. The van der Waals surface area contributed by atoms with Gasteiger partial charge in [-0.3, -0.25) is 0 Å². The van der Waals surface area contributed by atoms with Crippen LogP contribution in [0.15, 0.2) is 0 Å². The van der Waals surface area contributed by atoms with Crippen LogP contribution in [0.5, 0.6) is 0 Å². The molecule has 0 spiro atoms. The number of hydrogen-bond donors (Lipinski definition) is 0. The van der Waals surface area contributed by atoms with Crippen LogP contribution >= 0.6 is 41.7 Å². The molecule has 0 nitrogen and oxygen atoms in total. The fourth-order valence-electron chi connectivity index (χ4n) is 5.09. The highest BCUT2D eigenvalue weighted by atomic mass is 79.9. The molecule has 0 unspecified atom stereocenters. The van der Waals surface area contributed by atoms with Gasteiger partial charge in [-0.25, -0.2) is 0 Å². The van der Waals surface area contributed by atoms with Crippen LogP contribution in [-0.2, 0) is 0 Å². The van der Waals surface area contributed by atoms with E-state index in [2.05, 4.69) is 132 Å². The summed E-state index contributed by atoms with van der Waals surface area (Å²) in [6.45, 7) is 38.9. The summed E-state index contributed by atoms with van der Waals surface area (Å²) in [4.78, 5) is 0. The maximum atomic E-state index is 7.67. The number of halogens is 3. The summed E-state index contributed by atoms with van der Waals surface area (Å²) in [5.41, 5.74) is 0. The minimum atomic E-state index is -2.25. The monoisotopic (exact) mass is 594 g/mol. The van der Waals surface area contributed by atoms with E-state index in [0.717, 1.165) is 0 Å². The summed E-state index contributed by atoms with van der Waals surface area (Å²) < 4.78 is -2.25. The smallest absolute Gasteiger partial charge is 0.142 e. The van der Waals surface area contributed by atoms with Crippen LogP contribution in [0.1, 0.15) is 62.3 Å². The summed E-state index contributed by atoms with van der Waals surface area (Å²) in [5.74, 6) is 0. The molecule has 8 heteroatoms. The molecule has 0 rings (SSSR count). The van der Waals surface area contributed by atoms with Gasteiger partial charge in [-0.15, -0.1) is 11.1 Å². The molecular weight excluding hydrogens is 552 g/mol. The summed E-state index contributed by atoms with van der Waals surface area (Å²) in [7, 11) is -5.14. The fourth-order valence-corrected chi connectivity index (χ4v) is 237. The molecule has 0 aliphatic heterocycles. The molecular formula is C18H45Br2ClSi5. The third-order valence-corrected chi connectivity index (χ3v) is 151. The second-order valence-electron chi connectivity index (χ2n) is 12.9. The quantitative estimate of drug-likeness (QED) is 0.224. The lowest BCUT2D eigenvalue weighted by molar-refractivity contribution is 0.720. The van der Waals surface area contributed by atoms with Gasteiger partial charge in [0.25, 0.3) is 4.14 Å². The van der Waals surface area contributed by atoms with Gasteiger partial charge in [0.1, 0.15) is 0 Å². The van der Waals surface area contributed by atoms with Gasteiger partial charge in [0, 0.05) is 22.8 Å². The van der Waals surface area contributed by atoms with Gasteiger partial charge >= 0.3 is 0 Å². The van der Waals surface area contributed by atoms with E-state index in [4.69, 9.17) is 11.1 Å². The van der Waals surface area contributed by atoms with Crippen molar-refractivity contribution in [3.8, 4) is 0 Å². The van der Waals surface area contributed by atoms with E-state index in [-0.39, 0.29) is 0 Å². The van der Waals surface area contributed by atoms with Crippen molar-refractivity contribution in [3.05, 3.63) is 0 Å². The molecule has 158 valence electrons. The molecule has 0 aliphatic carbocycles. The lowest BCUT2D eigenvalue weighted by Gasteiger charge is -2.71. The third-order valence-electron chi connectivity index (χ3n) is 8.86. The van der Waals surface area contributed by atoms with Crippen molar-refractivity contribution in [2.24, 2.45) is 0 Å². The molecule has 0 atom stereocenters. The van der Waals surface area contributed by atoms with E-state index in [9.17, 15) is 0 Å². The first-order chi connectivity index (χ1) is 10.8. The van der Waals surface area contributed by atoms with Crippen LogP contribution < -0.4 is 0 Å². The van der Waals surface area contributed by atoms with Gasteiger partial charge in [-0.05, 0) is 15.1 Å². The third kappa shape index (κ3) is 3.96. The van der Waals surface area contributed by atoms with Crippen LogP contribution in [-0.4, -0.2) is 33.1 Å². The topological polar surface area (TPSA) is 0 Å². The Kier molecular flexibility index (Phi) is 8.15. The molecule has 0 bridgehead atoms. The largest absolute Gasteiger partial charge is 0.271 e. The van der Waals surface area contributed by atoms with Crippen molar-refractivity contribution in [1.82, 2.24) is 0 Å². The summed E-state index contributed by atoms with van der Waals surface area (Å²) in [6.07, 6.45) is -1.93. The molecule has 0 aliphatic rings. The SMILES string of the molecule is CC(C)(C)[Si](C)(C)[Si]([Si](Cl)(Br)Br)([Si](C)(C)C(C)(C)C)[Si](C)(C)C(C)(C)C. The maximum Gasteiger partial charge on any atom is 0.271 e. The van der Waals surface area contributed by atoms with Gasteiger partial charge in [0.2, 0.25) is 0 Å². The Labute approximate surface area is 190 Å². The molecule has 0 radical (unpaired) electrons. The normalized spacial score (nSPS) is 16.8. The lowest BCUT2D eigenvalue weighted by atomic mass is 10.2. The predicted octanol–water partition coefficient (Wildman–Crippen LogP) is 9.24. The van der Waals surface area contributed by atoms with Crippen molar-refractivity contribution in [1.29, 1.82) is 0 Å². The highest BCUT2D eigenvalue weighted by molar-refractivity contribution is 9.56. The first-order valence-corrected chi connectivity index (χ1v) is 32.3. The standard InChI is InChI=1S/C18H45Br2ClSi5/c1-16(2,3)22(10,11)26(25(19,20)21,23(12,13)17(4,5)6)24(14,15)18(7,8)9/h1-15H3. The average Bonchev–Trinajstić information content (AvgIpc) is 2.20. The van der Waals surface area contributed by atoms with E-state index in [1.807, 2.05) is 0 Å². The molecule has 26 heavy (non-hydrogen) atoms. The molecule has 0 aromatic heterocycles. The number of hydrogen-bond acceptors (Lipinski definition) is 0. The van der Waals surface area contributed by atoms with Gasteiger partial charge in [-0.2, -0.15) is 0 Å². The van der Waals surface area contributed by atoms with Crippen LogP contribution in [0.3, 0.4) is 0 Å². The Morgan fingerprint density at radius 3 is 0.731 bits per heavy atom. The molecule has 0 aromatic carbocycles. The molecule has 0 fully saturated rings. The van der Waals surface area contributed by atoms with Gasteiger partial charge in [0.15, 0.2) is 0 Å². The molecule has 0 saturated carbocycles. The summed E-state index contributed by atoms with van der Waals surface area (Å²) in [5, 5.41) is 1.04. The van der Waals surface area contributed by atoms with E-state index in [0.29, 0.717) is 15.1 Å². The zero-order valence-corrected chi connectivity index (χ0v) is 29.1. The van der Waals surface area contributed by atoms with E-state index in [1.165, 1.54) is 0 Å². The van der Waals surface area contributed by atoms with Crippen LogP contribution in [0.25, 0.3) is 0 Å². The minimum Gasteiger partial charge on any atom is -0.142 e. The van der Waals surface area contributed by atoms with Gasteiger partial charge in [0.05, 0.1) is 6.14 Å². The highest BCUT2D eigenvalue weighted by Crippen LogP contribution is 2.64. The fraction of sp³-hybridized carbons (Fsp3) is 1.00. The van der Waals surface area contributed by atoms with E-state index < -0.39 is 33.1 Å². The lowest BCUT2D eigenvalue weighted by Crippen LogP contribution is -2.95. The van der Waals surface area contributed by atoms with Crippen molar-refractivity contribution in [3.63, 3.8) is 0 Å². The summed E-state index contributed by atoms with van der Waals surface area (Å²) in [6, 6.07) is 0. The zero-order valence-electron chi connectivity index (χ0n) is 20.1. The van der Waals surface area contributed by atoms with Crippen LogP contribution in [0.4, 0.5) is 0 Å². The Bertz CT molecular complexity index is 453. The van der Waals surface area contributed by atoms with E-state index in [1.54, 1.807) is 0 Å². The van der Waals surface area contributed by atoms with Gasteiger partial charge < -0.3 is 0 Å². The summed E-state index contributed by atoms with van der Waals surface area (Å²) >= 11 is 16.2. The van der Waals surface area contributed by atoms with Gasteiger partial charge in [-0.1, -0.05) is 132 Å². The number of rotatable bonds is 4. The average molecular weight is 597 g/mol. The van der Waals surface area contributed by atoms with Crippen LogP contribution in [0, 0.1) is 0 Å². The second-order valence-corrected chi connectivity index (χ2v) is 81.2. The molecule has 0 N–H and O–H groups in total. The molecule has 0 aromatic rings. The van der Waals surface area contributed by atoms with Crippen LogP contribution in [0.2, 0.25) is 54.4 Å². The molecule has 0 saturated heterocycles.